The second-order valence-corrected chi connectivity index (χ2v) is 17.0. The minimum Gasteiger partial charge on any atom is -0.508 e. The Labute approximate surface area is 331 Å². The number of allylic oxidation sites excluding steroid dienone is 1. The molecule has 0 bridgehead atoms. The van der Waals surface area contributed by atoms with E-state index < -0.39 is 0 Å². The van der Waals surface area contributed by atoms with Gasteiger partial charge in [0.15, 0.2) is 5.78 Å². The van der Waals surface area contributed by atoms with Gasteiger partial charge in [-0.15, -0.1) is 0 Å². The van der Waals surface area contributed by atoms with Crippen LogP contribution in [0, 0.1) is 5.92 Å². The Morgan fingerprint density at radius 1 is 0.661 bits per heavy atom. The molecule has 56 heavy (non-hydrogen) atoms. The van der Waals surface area contributed by atoms with Crippen LogP contribution in [0.5, 0.6) is 11.5 Å². The van der Waals surface area contributed by atoms with Crippen molar-refractivity contribution in [3.05, 3.63) is 130 Å². The number of anilines is 2. The van der Waals surface area contributed by atoms with Crippen LogP contribution < -0.4 is 9.80 Å². The van der Waals surface area contributed by atoms with Gasteiger partial charge in [0.25, 0.3) is 5.91 Å². The number of hydrogen-bond donors (Lipinski definition) is 2. The standard InChI is InChI=1S/C48H54N4O4/c1-32-2-17-45(46(55)28-32)52-31-37-29-39(10-15-44(37)48(52)56)51-26-24-49(25-27-51)21-18-33-19-22-50(23-20-33)38-8-3-35(4-9-38)47-42(34-5-11-40(53)12-6-34)14-7-36-30-41(54)13-16-43(36)47/h3-6,8-13,15-16,29-30,33,42,45,47,53-54H,1-2,7,14,17-28,31H2/t42-,45?,47+/m1/s1. The van der Waals surface area contributed by atoms with Crippen molar-refractivity contribution < 1.29 is 19.8 Å². The highest BCUT2D eigenvalue weighted by Gasteiger charge is 2.38. The number of rotatable bonds is 8. The molecule has 3 aliphatic heterocycles. The second-order valence-electron chi connectivity index (χ2n) is 17.0. The minimum atomic E-state index is -0.318. The van der Waals surface area contributed by atoms with Gasteiger partial charge in [0.05, 0.1) is 6.04 Å². The van der Waals surface area contributed by atoms with Crippen molar-refractivity contribution in [3.8, 4) is 11.5 Å². The summed E-state index contributed by atoms with van der Waals surface area (Å²) in [5.74, 6) is 1.98. The fourth-order valence-electron chi connectivity index (χ4n) is 10.3. The first-order chi connectivity index (χ1) is 27.3. The van der Waals surface area contributed by atoms with Gasteiger partial charge in [0.2, 0.25) is 0 Å². The summed E-state index contributed by atoms with van der Waals surface area (Å²) in [4.78, 5) is 35.4. The van der Waals surface area contributed by atoms with Crippen LogP contribution in [0.1, 0.15) is 95.0 Å². The fourth-order valence-corrected chi connectivity index (χ4v) is 10.3. The molecule has 3 fully saturated rings. The highest BCUT2D eigenvalue weighted by molar-refractivity contribution is 6.02. The number of carbonyl (C=O) groups is 2. The number of carbonyl (C=O) groups excluding carboxylic acids is 2. The highest BCUT2D eigenvalue weighted by atomic mass is 16.3. The first-order valence-electron chi connectivity index (χ1n) is 20.8. The molecule has 3 atom stereocenters. The Bertz CT molecular complexity index is 2100. The zero-order chi connectivity index (χ0) is 38.3. The van der Waals surface area contributed by atoms with Crippen molar-refractivity contribution in [1.82, 2.24) is 9.80 Å². The van der Waals surface area contributed by atoms with Gasteiger partial charge in [-0.3, -0.25) is 14.5 Å². The van der Waals surface area contributed by atoms with Crippen molar-refractivity contribution in [3.63, 3.8) is 0 Å². The largest absolute Gasteiger partial charge is 0.508 e. The lowest BCUT2D eigenvalue weighted by molar-refractivity contribution is -0.124. The third kappa shape index (κ3) is 7.32. The predicted molar refractivity (Wildman–Crippen MR) is 222 cm³/mol. The molecule has 0 radical (unpaired) electrons. The zero-order valence-corrected chi connectivity index (χ0v) is 32.4. The summed E-state index contributed by atoms with van der Waals surface area (Å²) >= 11 is 0. The number of fused-ring (bicyclic) bond motifs is 2. The van der Waals surface area contributed by atoms with Crippen LogP contribution in [0.15, 0.2) is 97.1 Å². The summed E-state index contributed by atoms with van der Waals surface area (Å²) in [7, 11) is 0. The van der Waals surface area contributed by atoms with Gasteiger partial charge in [0.1, 0.15) is 11.5 Å². The summed E-state index contributed by atoms with van der Waals surface area (Å²) in [6, 6.07) is 28.8. The molecule has 9 rings (SSSR count). The molecule has 1 saturated carbocycles. The molecule has 0 spiro atoms. The molecule has 8 heteroatoms. The molecular weight excluding hydrogens is 697 g/mol. The number of hydrogen-bond acceptors (Lipinski definition) is 7. The minimum absolute atomic E-state index is 0.00358. The predicted octanol–water partition coefficient (Wildman–Crippen LogP) is 8.02. The summed E-state index contributed by atoms with van der Waals surface area (Å²) in [5.41, 5.74) is 10.3. The number of aryl methyl sites for hydroxylation is 1. The number of phenols is 2. The van der Waals surface area contributed by atoms with E-state index in [2.05, 4.69) is 75.9 Å². The number of piperidine rings is 1. The average Bonchev–Trinajstić information content (AvgIpc) is 3.55. The Kier molecular flexibility index (Phi) is 10.1. The van der Waals surface area contributed by atoms with Gasteiger partial charge < -0.3 is 24.9 Å². The van der Waals surface area contributed by atoms with Crippen LogP contribution in [0.2, 0.25) is 0 Å². The van der Waals surface area contributed by atoms with Gasteiger partial charge in [-0.25, -0.2) is 0 Å². The average molecular weight is 751 g/mol. The first-order valence-corrected chi connectivity index (χ1v) is 20.8. The lowest BCUT2D eigenvalue weighted by atomic mass is 9.69. The Hall–Kier alpha value is -5.08. The molecule has 1 unspecified atom stereocenters. The Morgan fingerprint density at radius 2 is 1.36 bits per heavy atom. The molecule has 8 nitrogen and oxygen atoms in total. The smallest absolute Gasteiger partial charge is 0.255 e. The van der Waals surface area contributed by atoms with Gasteiger partial charge in [-0.05, 0) is 146 Å². The van der Waals surface area contributed by atoms with E-state index in [-0.39, 0.29) is 23.7 Å². The second kappa shape index (κ2) is 15.5. The molecular formula is C48H54N4O4. The number of benzene rings is 4. The molecule has 1 amide bonds. The quantitative estimate of drug-likeness (QED) is 0.177. The van der Waals surface area contributed by atoms with E-state index in [9.17, 15) is 19.8 Å². The van der Waals surface area contributed by atoms with Crippen LogP contribution >= 0.6 is 0 Å². The number of piperazine rings is 1. The van der Waals surface area contributed by atoms with E-state index in [0.29, 0.717) is 36.8 Å². The van der Waals surface area contributed by atoms with Gasteiger partial charge in [0, 0.05) is 75.1 Å². The SMILES string of the molecule is C=C1CCC(N2Cc3cc(N4CCN(CCC5CCN(c6ccc([C@@H]7c8ccc(O)cc8CC[C@@H]7c7ccc(O)cc7)cc6)CC5)CC4)ccc3C2=O)C(=O)C1. The number of phenolic OH excluding ortho intramolecular Hbond substituents is 2. The zero-order valence-electron chi connectivity index (χ0n) is 32.4. The van der Waals surface area contributed by atoms with Crippen molar-refractivity contribution in [2.45, 2.75) is 75.8 Å². The molecule has 4 aromatic rings. The Balaban J connectivity index is 0.759. The lowest BCUT2D eigenvalue weighted by Gasteiger charge is -2.38. The maximum Gasteiger partial charge on any atom is 0.255 e. The fraction of sp³-hybridized carbons (Fsp3) is 0.417. The highest BCUT2D eigenvalue weighted by Crippen LogP contribution is 2.47. The van der Waals surface area contributed by atoms with Gasteiger partial charge in [-0.1, -0.05) is 42.5 Å². The number of Topliss-reactive ketones (excluding diaryl/α,β-unsaturated/α-hetero) is 1. The van der Waals surface area contributed by atoms with E-state index in [1.54, 1.807) is 17.0 Å². The molecule has 4 aromatic carbocycles. The summed E-state index contributed by atoms with van der Waals surface area (Å²) in [6.45, 7) is 11.9. The summed E-state index contributed by atoms with van der Waals surface area (Å²) in [5, 5.41) is 20.2. The van der Waals surface area contributed by atoms with Crippen molar-refractivity contribution >= 4 is 23.1 Å². The maximum atomic E-state index is 13.2. The van der Waals surface area contributed by atoms with E-state index in [4.69, 9.17) is 0 Å². The van der Waals surface area contributed by atoms with Crippen LogP contribution in [0.4, 0.5) is 11.4 Å². The van der Waals surface area contributed by atoms with Crippen molar-refractivity contribution in [1.29, 1.82) is 0 Å². The maximum absolute atomic E-state index is 13.2. The number of amides is 1. The van der Waals surface area contributed by atoms with E-state index >= 15 is 0 Å². The Morgan fingerprint density at radius 3 is 2.11 bits per heavy atom. The summed E-state index contributed by atoms with van der Waals surface area (Å²) < 4.78 is 0. The van der Waals surface area contributed by atoms with E-state index in [1.165, 1.54) is 52.9 Å². The third-order valence-corrected chi connectivity index (χ3v) is 13.6. The van der Waals surface area contributed by atoms with E-state index in [1.807, 2.05) is 18.2 Å². The summed E-state index contributed by atoms with van der Waals surface area (Å²) in [6.07, 6.45) is 7.50. The normalized spacial score (nSPS) is 23.4. The molecule has 290 valence electrons. The number of nitrogens with zero attached hydrogens (tertiary/aromatic N) is 4. The monoisotopic (exact) mass is 750 g/mol. The van der Waals surface area contributed by atoms with Crippen molar-refractivity contribution in [2.75, 3.05) is 55.6 Å². The van der Waals surface area contributed by atoms with Crippen LogP contribution in [-0.4, -0.2) is 83.6 Å². The van der Waals surface area contributed by atoms with Crippen LogP contribution in [0.25, 0.3) is 0 Å². The van der Waals surface area contributed by atoms with Gasteiger partial charge in [-0.2, -0.15) is 0 Å². The van der Waals surface area contributed by atoms with Gasteiger partial charge >= 0.3 is 0 Å². The number of ketones is 1. The van der Waals surface area contributed by atoms with Crippen LogP contribution in [0.3, 0.4) is 0 Å². The van der Waals surface area contributed by atoms with Crippen molar-refractivity contribution in [2.24, 2.45) is 5.92 Å². The van der Waals surface area contributed by atoms with Crippen LogP contribution in [-0.2, 0) is 17.8 Å². The molecule has 2 N–H and O–H groups in total. The lowest BCUT2D eigenvalue weighted by Crippen LogP contribution is -2.47. The molecule has 2 saturated heterocycles. The third-order valence-electron chi connectivity index (χ3n) is 13.6. The number of aromatic hydroxyl groups is 2. The molecule has 5 aliphatic rings. The van der Waals surface area contributed by atoms with E-state index in [0.717, 1.165) is 87.7 Å². The first kappa shape index (κ1) is 36.6. The topological polar surface area (TPSA) is 87.6 Å². The molecule has 0 aromatic heterocycles. The molecule has 2 aliphatic carbocycles. The molecule has 3 heterocycles.